The number of fused-ring (bicyclic) bond motifs is 1. The second-order valence-electron chi connectivity index (χ2n) is 17.8. The molecule has 15 nitrogen and oxygen atoms in total. The number of anilines is 1. The van der Waals surface area contributed by atoms with Gasteiger partial charge in [0, 0.05) is 19.5 Å². The molecule has 13 rings (SSSR count). The van der Waals surface area contributed by atoms with Crippen LogP contribution in [-0.4, -0.2) is 90.2 Å². The van der Waals surface area contributed by atoms with Gasteiger partial charge in [0.2, 0.25) is 0 Å². The zero-order valence-electron chi connectivity index (χ0n) is 36.6. The number of aliphatic hydroxyl groups is 2. The van der Waals surface area contributed by atoms with Gasteiger partial charge in [0.05, 0.1) is 61.5 Å². The fourth-order valence-corrected chi connectivity index (χ4v) is 10.4. The van der Waals surface area contributed by atoms with Crippen molar-refractivity contribution in [1.29, 1.82) is 0 Å². The highest BCUT2D eigenvalue weighted by Crippen LogP contribution is 2.38. The van der Waals surface area contributed by atoms with Crippen molar-refractivity contribution in [3.05, 3.63) is 156 Å². The largest absolute Gasteiger partial charge is 0.394 e. The standard InChI is InChI=1S/C53H42N12O3/c54-52-51-43(59-65(53(51)56-30-55-52)46-22-44(67)45(29-66)68-46)8-3-21-62(25-39-27-63(60-57-39)23-37-15-13-35-11-9-31-4-1-6-33-17-19-41(37)49(35)47(31)33)26-40-28-64(61-58-40)24-38-16-14-36-12-10-32-5-2-7-34-18-20-42(38)50(36)48(32)34/h1-2,4-7,9-20,27-28,30,44-46,66-67H,21-26,29H2,(H2,54,55,56)/t44-,45+,46+/m0/s1. The minimum absolute atomic E-state index is 0.224. The molecule has 0 saturated carbocycles. The lowest BCUT2D eigenvalue weighted by molar-refractivity contribution is -0.0470. The van der Waals surface area contributed by atoms with Gasteiger partial charge in [0.15, 0.2) is 11.9 Å². The van der Waals surface area contributed by atoms with Gasteiger partial charge in [0.25, 0.3) is 0 Å². The third-order valence-electron chi connectivity index (χ3n) is 13.5. The molecule has 3 atom stereocenters. The summed E-state index contributed by atoms with van der Waals surface area (Å²) in [6.07, 6.45) is 3.31. The number of benzene rings is 8. The van der Waals surface area contributed by atoms with Crippen LogP contribution in [0.5, 0.6) is 0 Å². The molecule has 12 aromatic rings. The van der Waals surface area contributed by atoms with Crippen LogP contribution >= 0.6 is 0 Å². The second-order valence-corrected chi connectivity index (χ2v) is 17.8. The lowest BCUT2D eigenvalue weighted by Crippen LogP contribution is -2.24. The predicted molar refractivity (Wildman–Crippen MR) is 261 cm³/mol. The van der Waals surface area contributed by atoms with Crippen molar-refractivity contribution in [1.82, 2.24) is 54.6 Å². The van der Waals surface area contributed by atoms with Gasteiger partial charge in [0.1, 0.15) is 23.9 Å². The Kier molecular flexibility index (Phi) is 9.47. The van der Waals surface area contributed by atoms with E-state index in [4.69, 9.17) is 15.6 Å². The molecule has 4 N–H and O–H groups in total. The quantitative estimate of drug-likeness (QED) is 0.0880. The Morgan fingerprint density at radius 2 is 1.19 bits per heavy atom. The maximum absolute atomic E-state index is 10.5. The van der Waals surface area contributed by atoms with Gasteiger partial charge < -0.3 is 20.7 Å². The van der Waals surface area contributed by atoms with E-state index in [0.29, 0.717) is 49.5 Å². The Morgan fingerprint density at radius 1 is 0.662 bits per heavy atom. The summed E-state index contributed by atoms with van der Waals surface area (Å²) in [6, 6.07) is 39.3. The van der Waals surface area contributed by atoms with Crippen molar-refractivity contribution in [2.45, 2.75) is 51.0 Å². The summed E-state index contributed by atoms with van der Waals surface area (Å²) in [7, 11) is 0. The SMILES string of the molecule is Nc1ncnc2c1c(C#CCN(Cc1cn(Cc3ccc4ccc5cccc6ccc3c4c56)nn1)Cc1cn(Cc3ccc4ccc5cccc6ccc3c4c56)nn1)nn2[C@H]1C[C@H](O)[C@@H](CO)O1. The van der Waals surface area contributed by atoms with Crippen LogP contribution in [0.15, 0.2) is 128 Å². The number of nitrogens with two attached hydrogens (primary N) is 1. The number of hydrogen-bond donors (Lipinski definition) is 3. The van der Waals surface area contributed by atoms with Gasteiger partial charge in [-0.2, -0.15) is 5.10 Å². The number of aromatic nitrogens is 10. The molecule has 5 heterocycles. The topological polar surface area (TPSA) is 184 Å². The zero-order valence-corrected chi connectivity index (χ0v) is 36.6. The van der Waals surface area contributed by atoms with Crippen LogP contribution in [0.2, 0.25) is 0 Å². The second kappa shape index (κ2) is 16.0. The van der Waals surface area contributed by atoms with Crippen LogP contribution in [0, 0.1) is 11.8 Å². The molecule has 15 heteroatoms. The average Bonchev–Trinajstić information content (AvgIpc) is 4.18. The van der Waals surface area contributed by atoms with E-state index in [1.165, 1.54) is 71.0 Å². The Hall–Kier alpha value is -8.13. The van der Waals surface area contributed by atoms with Crippen molar-refractivity contribution >= 4 is 81.5 Å². The maximum atomic E-state index is 10.5. The molecule has 0 bridgehead atoms. The molecule has 1 aliphatic heterocycles. The molecule has 8 aromatic carbocycles. The fraction of sp³-hybridized carbons (Fsp3) is 0.189. The van der Waals surface area contributed by atoms with Crippen LogP contribution in [0.25, 0.3) is 75.7 Å². The highest BCUT2D eigenvalue weighted by Gasteiger charge is 2.36. The number of hydrogen-bond acceptors (Lipinski definition) is 12. The van der Waals surface area contributed by atoms with Crippen LogP contribution in [0.4, 0.5) is 5.82 Å². The van der Waals surface area contributed by atoms with E-state index in [9.17, 15) is 10.2 Å². The minimum atomic E-state index is -0.857. The molecule has 1 aliphatic rings. The lowest BCUT2D eigenvalue weighted by atomic mass is 9.92. The highest BCUT2D eigenvalue weighted by molar-refractivity contribution is 6.24. The lowest BCUT2D eigenvalue weighted by Gasteiger charge is -2.16. The molecule has 0 spiro atoms. The van der Waals surface area contributed by atoms with Crippen LogP contribution in [0.1, 0.15) is 40.9 Å². The number of nitrogens with zero attached hydrogens (tertiary/aromatic N) is 11. The molecular formula is C53H42N12O3. The van der Waals surface area contributed by atoms with Crippen LogP contribution in [-0.2, 0) is 30.9 Å². The Morgan fingerprint density at radius 3 is 1.74 bits per heavy atom. The van der Waals surface area contributed by atoms with Gasteiger partial charge in [-0.05, 0) is 81.7 Å². The van der Waals surface area contributed by atoms with Crippen molar-refractivity contribution < 1.29 is 14.9 Å². The number of ether oxygens (including phenoxy) is 1. The summed E-state index contributed by atoms with van der Waals surface area (Å²) in [5, 5.41) is 58.8. The van der Waals surface area contributed by atoms with E-state index in [1.807, 2.05) is 21.8 Å². The fourth-order valence-electron chi connectivity index (χ4n) is 10.4. The molecule has 4 aromatic heterocycles. The number of nitrogen functional groups attached to an aromatic ring is 1. The molecule has 0 radical (unpaired) electrons. The van der Waals surface area contributed by atoms with E-state index in [-0.39, 0.29) is 18.8 Å². The smallest absolute Gasteiger partial charge is 0.167 e. The summed E-state index contributed by atoms with van der Waals surface area (Å²) in [5.74, 6) is 6.78. The molecule has 0 unspecified atom stereocenters. The Balaban J connectivity index is 0.803. The maximum Gasteiger partial charge on any atom is 0.167 e. The molecule has 1 saturated heterocycles. The van der Waals surface area contributed by atoms with E-state index in [2.05, 4.69) is 157 Å². The third-order valence-corrected chi connectivity index (χ3v) is 13.5. The minimum Gasteiger partial charge on any atom is -0.394 e. The Labute approximate surface area is 387 Å². The van der Waals surface area contributed by atoms with E-state index >= 15 is 0 Å². The molecule has 68 heavy (non-hydrogen) atoms. The first-order valence-electron chi connectivity index (χ1n) is 22.7. The summed E-state index contributed by atoms with van der Waals surface area (Å²) in [4.78, 5) is 10.8. The Bertz CT molecular complexity index is 3720. The average molecular weight is 895 g/mol. The van der Waals surface area contributed by atoms with Crippen molar-refractivity contribution in [3.8, 4) is 11.8 Å². The van der Waals surface area contributed by atoms with Crippen LogP contribution < -0.4 is 5.73 Å². The van der Waals surface area contributed by atoms with E-state index in [1.54, 1.807) is 4.68 Å². The number of rotatable bonds is 11. The normalized spacial score (nSPS) is 16.5. The van der Waals surface area contributed by atoms with Crippen molar-refractivity contribution in [2.24, 2.45) is 0 Å². The van der Waals surface area contributed by atoms with Gasteiger partial charge in [-0.1, -0.05) is 126 Å². The summed E-state index contributed by atoms with van der Waals surface area (Å²) in [5.41, 5.74) is 11.1. The number of aliphatic hydroxyl groups excluding tert-OH is 2. The van der Waals surface area contributed by atoms with Crippen molar-refractivity contribution in [2.75, 3.05) is 18.9 Å². The van der Waals surface area contributed by atoms with E-state index < -0.39 is 18.4 Å². The zero-order chi connectivity index (χ0) is 45.5. The summed E-state index contributed by atoms with van der Waals surface area (Å²) < 4.78 is 11.3. The summed E-state index contributed by atoms with van der Waals surface area (Å²) >= 11 is 0. The molecular weight excluding hydrogens is 853 g/mol. The van der Waals surface area contributed by atoms with E-state index in [0.717, 1.165) is 22.5 Å². The van der Waals surface area contributed by atoms with Crippen LogP contribution in [0.3, 0.4) is 0 Å². The van der Waals surface area contributed by atoms with Gasteiger partial charge in [-0.25, -0.2) is 24.0 Å². The monoisotopic (exact) mass is 894 g/mol. The first-order valence-corrected chi connectivity index (χ1v) is 22.7. The van der Waals surface area contributed by atoms with Gasteiger partial charge >= 0.3 is 0 Å². The van der Waals surface area contributed by atoms with Crippen molar-refractivity contribution in [3.63, 3.8) is 0 Å². The highest BCUT2D eigenvalue weighted by atomic mass is 16.5. The molecule has 1 fully saturated rings. The molecule has 0 aliphatic carbocycles. The van der Waals surface area contributed by atoms with Gasteiger partial charge in [-0.15, -0.1) is 10.2 Å². The first kappa shape index (κ1) is 40.2. The molecule has 0 amide bonds. The van der Waals surface area contributed by atoms with Gasteiger partial charge in [-0.3, -0.25) is 4.90 Å². The summed E-state index contributed by atoms with van der Waals surface area (Å²) in [6.45, 7) is 1.93. The first-order chi connectivity index (χ1) is 33.4. The molecule has 332 valence electrons. The predicted octanol–water partition coefficient (Wildman–Crippen LogP) is 7.18. The third kappa shape index (κ3) is 6.80.